The van der Waals surface area contributed by atoms with Crippen LogP contribution in [0.2, 0.25) is 5.02 Å². The highest BCUT2D eigenvalue weighted by Gasteiger charge is 2.23. The van der Waals surface area contributed by atoms with Crippen LogP contribution in [0.15, 0.2) is 36.5 Å². The van der Waals surface area contributed by atoms with E-state index in [4.69, 9.17) is 16.3 Å². The van der Waals surface area contributed by atoms with Crippen LogP contribution in [-0.2, 0) is 0 Å². The first kappa shape index (κ1) is 22.5. The predicted octanol–water partition coefficient (Wildman–Crippen LogP) is 4.95. The Morgan fingerprint density at radius 1 is 1.23 bits per heavy atom. The van der Waals surface area contributed by atoms with E-state index < -0.39 is 0 Å². The molecule has 158 valence electrons. The van der Waals surface area contributed by atoms with E-state index >= 15 is 0 Å². The summed E-state index contributed by atoms with van der Waals surface area (Å²) in [6.45, 7) is 3.39. The number of rotatable bonds is 4. The fraction of sp³-hybridized carbons (Fsp3) is 0.286. The van der Waals surface area contributed by atoms with Crippen molar-refractivity contribution in [3.63, 3.8) is 0 Å². The number of ether oxygens (including phenoxy) is 1. The molecule has 0 atom stereocenters. The zero-order valence-electron chi connectivity index (χ0n) is 16.6. The zero-order valence-corrected chi connectivity index (χ0v) is 19.0. The number of nitrogens with zero attached hydrogens (tertiary/aromatic N) is 3. The quantitative estimate of drug-likeness (QED) is 0.588. The van der Waals surface area contributed by atoms with Gasteiger partial charge >= 0.3 is 0 Å². The minimum absolute atomic E-state index is 0. The summed E-state index contributed by atoms with van der Waals surface area (Å²) in [7, 11) is 1.58. The number of aryl methyl sites for hydroxylation is 1. The largest absolute Gasteiger partial charge is 0.495 e. The van der Waals surface area contributed by atoms with Crippen LogP contribution in [0.4, 0.5) is 11.4 Å². The van der Waals surface area contributed by atoms with E-state index in [9.17, 15) is 4.79 Å². The maximum atomic E-state index is 13.3. The molecule has 1 amide bonds. The van der Waals surface area contributed by atoms with E-state index in [1.807, 2.05) is 41.8 Å². The van der Waals surface area contributed by atoms with Crippen LogP contribution in [0.25, 0.3) is 11.0 Å². The lowest BCUT2D eigenvalue weighted by Crippen LogP contribution is -2.38. The third-order valence-electron chi connectivity index (χ3n) is 4.82. The minimum atomic E-state index is -0.0256. The molecule has 0 unspecified atom stereocenters. The number of anilines is 2. The van der Waals surface area contributed by atoms with Crippen molar-refractivity contribution in [2.24, 2.45) is 0 Å². The molecule has 6 nitrogen and oxygen atoms in total. The first-order chi connectivity index (χ1) is 14.1. The monoisotopic (exact) mass is 464 g/mol. The summed E-state index contributed by atoms with van der Waals surface area (Å²) in [5.41, 5.74) is 3.44. The van der Waals surface area contributed by atoms with Gasteiger partial charge in [0.25, 0.3) is 5.91 Å². The average molecular weight is 465 g/mol. The maximum absolute atomic E-state index is 13.3. The van der Waals surface area contributed by atoms with Gasteiger partial charge in [0.1, 0.15) is 5.75 Å². The highest BCUT2D eigenvalue weighted by Crippen LogP contribution is 2.33. The van der Waals surface area contributed by atoms with Crippen molar-refractivity contribution in [2.45, 2.75) is 6.92 Å². The number of benzene rings is 1. The standard InChI is InChI=1S/C21H21ClN4O2S.ClH/c1-13-3-5-15-19(25-14-4-6-18(28-2)17(22)11-14)16(12-23-20(15)24-13)21(27)26-7-9-29-10-8-26;/h3-6,11-12H,7-10H2,1-2H3,(H,23,24,25);1H. The van der Waals surface area contributed by atoms with E-state index in [2.05, 4.69) is 15.3 Å². The average Bonchev–Trinajstić information content (AvgIpc) is 2.74. The van der Waals surface area contributed by atoms with Gasteiger partial charge in [-0.15, -0.1) is 12.4 Å². The molecule has 1 aliphatic rings. The molecule has 1 aliphatic heterocycles. The van der Waals surface area contributed by atoms with Crippen LogP contribution in [0, 0.1) is 6.92 Å². The van der Waals surface area contributed by atoms with Gasteiger partial charge in [0.05, 0.1) is 23.4 Å². The molecule has 1 N–H and O–H groups in total. The fourth-order valence-corrected chi connectivity index (χ4v) is 4.45. The fourth-order valence-electron chi connectivity index (χ4n) is 3.29. The number of pyridine rings is 2. The number of hydrogen-bond donors (Lipinski definition) is 1. The first-order valence-corrected chi connectivity index (χ1v) is 10.8. The molecule has 0 bridgehead atoms. The number of carbonyl (C=O) groups excluding carboxylic acids is 1. The number of carbonyl (C=O) groups is 1. The molecular formula is C21H22Cl2N4O2S. The van der Waals surface area contributed by atoms with Crippen molar-refractivity contribution in [1.82, 2.24) is 14.9 Å². The number of nitrogens with one attached hydrogen (secondary N) is 1. The van der Waals surface area contributed by atoms with E-state index in [1.54, 1.807) is 25.4 Å². The van der Waals surface area contributed by atoms with Crippen molar-refractivity contribution in [1.29, 1.82) is 0 Å². The van der Waals surface area contributed by atoms with Crippen molar-refractivity contribution < 1.29 is 9.53 Å². The first-order valence-electron chi connectivity index (χ1n) is 9.31. The Morgan fingerprint density at radius 2 is 2.00 bits per heavy atom. The minimum Gasteiger partial charge on any atom is -0.495 e. The molecule has 2 aromatic heterocycles. The van der Waals surface area contributed by atoms with Crippen LogP contribution in [0.1, 0.15) is 16.1 Å². The maximum Gasteiger partial charge on any atom is 0.257 e. The molecule has 0 aliphatic carbocycles. The molecule has 1 saturated heterocycles. The number of hydrogen-bond acceptors (Lipinski definition) is 6. The molecule has 0 radical (unpaired) electrons. The topological polar surface area (TPSA) is 67.3 Å². The summed E-state index contributed by atoms with van der Waals surface area (Å²) >= 11 is 8.16. The predicted molar refractivity (Wildman–Crippen MR) is 126 cm³/mol. The van der Waals surface area contributed by atoms with Gasteiger partial charge in [-0.25, -0.2) is 9.97 Å². The van der Waals surface area contributed by atoms with Gasteiger partial charge in [0, 0.05) is 47.6 Å². The summed E-state index contributed by atoms with van der Waals surface area (Å²) in [4.78, 5) is 24.1. The normalized spacial score (nSPS) is 13.6. The highest BCUT2D eigenvalue weighted by molar-refractivity contribution is 7.99. The zero-order chi connectivity index (χ0) is 20.4. The SMILES string of the molecule is COc1ccc(Nc2c(C(=O)N3CCSCC3)cnc3nc(C)ccc23)cc1Cl.Cl. The van der Waals surface area contributed by atoms with Crippen molar-refractivity contribution in [3.05, 3.63) is 52.8 Å². The van der Waals surface area contributed by atoms with Crippen LogP contribution in [-0.4, -0.2) is 52.5 Å². The second-order valence-corrected chi connectivity index (χ2v) is 8.38. The number of aromatic nitrogens is 2. The molecule has 1 aromatic carbocycles. The third kappa shape index (κ3) is 4.58. The smallest absolute Gasteiger partial charge is 0.257 e. The lowest BCUT2D eigenvalue weighted by molar-refractivity contribution is 0.0773. The van der Waals surface area contributed by atoms with E-state index in [-0.39, 0.29) is 18.3 Å². The third-order valence-corrected chi connectivity index (χ3v) is 6.06. The molecule has 0 saturated carbocycles. The highest BCUT2D eigenvalue weighted by atomic mass is 35.5. The summed E-state index contributed by atoms with van der Waals surface area (Å²) in [6, 6.07) is 9.30. The van der Waals surface area contributed by atoms with Crippen molar-refractivity contribution >= 4 is 64.1 Å². The molecule has 9 heteroatoms. The summed E-state index contributed by atoms with van der Waals surface area (Å²) in [5.74, 6) is 2.47. The van der Waals surface area contributed by atoms with Crippen molar-refractivity contribution in [2.75, 3.05) is 37.0 Å². The lowest BCUT2D eigenvalue weighted by Gasteiger charge is -2.27. The Kier molecular flexibility index (Phi) is 7.28. The number of amides is 1. The number of methoxy groups -OCH3 is 1. The summed E-state index contributed by atoms with van der Waals surface area (Å²) in [6.07, 6.45) is 1.62. The Labute approximate surface area is 190 Å². The van der Waals surface area contributed by atoms with E-state index in [0.29, 0.717) is 27.7 Å². The van der Waals surface area contributed by atoms with Gasteiger partial charge in [-0.05, 0) is 37.3 Å². The summed E-state index contributed by atoms with van der Waals surface area (Å²) < 4.78 is 5.23. The Bertz CT molecular complexity index is 1070. The number of thioether (sulfide) groups is 1. The van der Waals surface area contributed by atoms with Gasteiger partial charge < -0.3 is 15.0 Å². The molecule has 3 aromatic rings. The van der Waals surface area contributed by atoms with Gasteiger partial charge in [-0.3, -0.25) is 4.79 Å². The van der Waals surface area contributed by atoms with Crippen LogP contribution >= 0.6 is 35.8 Å². The Hall–Kier alpha value is -2.22. The molecular weight excluding hydrogens is 443 g/mol. The number of halogens is 2. The van der Waals surface area contributed by atoms with E-state index in [0.717, 1.165) is 41.4 Å². The summed E-state index contributed by atoms with van der Waals surface area (Å²) in [5, 5.41) is 4.66. The molecule has 0 spiro atoms. The van der Waals surface area contributed by atoms with E-state index in [1.165, 1.54) is 0 Å². The molecule has 1 fully saturated rings. The molecule has 3 heterocycles. The number of fused-ring (bicyclic) bond motifs is 1. The molecule has 30 heavy (non-hydrogen) atoms. The second-order valence-electron chi connectivity index (χ2n) is 6.75. The van der Waals surface area contributed by atoms with Crippen LogP contribution < -0.4 is 10.1 Å². The van der Waals surface area contributed by atoms with Gasteiger partial charge in [-0.2, -0.15) is 11.8 Å². The van der Waals surface area contributed by atoms with Gasteiger partial charge in [0.15, 0.2) is 5.65 Å². The lowest BCUT2D eigenvalue weighted by atomic mass is 10.1. The molecule has 4 rings (SSSR count). The second kappa shape index (κ2) is 9.73. The Morgan fingerprint density at radius 3 is 2.70 bits per heavy atom. The Balaban J connectivity index is 0.00000256. The van der Waals surface area contributed by atoms with Crippen molar-refractivity contribution in [3.8, 4) is 5.75 Å². The van der Waals surface area contributed by atoms with Gasteiger partial charge in [-0.1, -0.05) is 11.6 Å². The van der Waals surface area contributed by atoms with Crippen LogP contribution in [0.3, 0.4) is 0 Å². The van der Waals surface area contributed by atoms with Crippen LogP contribution in [0.5, 0.6) is 5.75 Å². The van der Waals surface area contributed by atoms with Gasteiger partial charge in [0.2, 0.25) is 0 Å².